The standard InChI is InChI=1S/C12H14BrNO2/c1-12(11(15)16,14-8-6-7-8)9-4-2-3-5-10(9)13/h2-5,8,14H,6-7H2,1H3,(H,15,16). The molecule has 0 aromatic heterocycles. The van der Waals surface area contributed by atoms with Crippen molar-refractivity contribution >= 4 is 21.9 Å². The van der Waals surface area contributed by atoms with E-state index in [1.165, 1.54) is 0 Å². The van der Waals surface area contributed by atoms with Gasteiger partial charge in [-0.15, -0.1) is 0 Å². The molecule has 1 atom stereocenters. The van der Waals surface area contributed by atoms with E-state index in [2.05, 4.69) is 21.2 Å². The van der Waals surface area contributed by atoms with Crippen molar-refractivity contribution in [3.05, 3.63) is 34.3 Å². The molecule has 1 aliphatic rings. The van der Waals surface area contributed by atoms with Crippen molar-refractivity contribution in [2.24, 2.45) is 0 Å². The van der Waals surface area contributed by atoms with Crippen molar-refractivity contribution in [2.45, 2.75) is 31.3 Å². The molecule has 0 radical (unpaired) electrons. The van der Waals surface area contributed by atoms with Crippen molar-refractivity contribution in [3.8, 4) is 0 Å². The van der Waals surface area contributed by atoms with Crippen LogP contribution in [0.4, 0.5) is 0 Å². The molecule has 3 nitrogen and oxygen atoms in total. The molecule has 1 aromatic carbocycles. The average molecular weight is 284 g/mol. The lowest BCUT2D eigenvalue weighted by atomic mass is 9.92. The van der Waals surface area contributed by atoms with Gasteiger partial charge in [-0.3, -0.25) is 5.32 Å². The van der Waals surface area contributed by atoms with E-state index in [1.54, 1.807) is 6.92 Å². The Hall–Kier alpha value is -0.870. The monoisotopic (exact) mass is 283 g/mol. The van der Waals surface area contributed by atoms with Crippen LogP contribution in [0.25, 0.3) is 0 Å². The van der Waals surface area contributed by atoms with Gasteiger partial charge in [0.1, 0.15) is 5.54 Å². The number of carbonyl (C=O) groups is 1. The quantitative estimate of drug-likeness (QED) is 0.893. The van der Waals surface area contributed by atoms with E-state index in [0.717, 1.165) is 22.9 Å². The van der Waals surface area contributed by atoms with Crippen LogP contribution < -0.4 is 5.32 Å². The molecule has 2 rings (SSSR count). The molecule has 1 unspecified atom stereocenters. The minimum Gasteiger partial charge on any atom is -0.480 e. The molecule has 0 aliphatic heterocycles. The van der Waals surface area contributed by atoms with Gasteiger partial charge in [0.05, 0.1) is 0 Å². The first kappa shape index (κ1) is 11.6. The van der Waals surface area contributed by atoms with Crippen LogP contribution in [0.1, 0.15) is 25.3 Å². The van der Waals surface area contributed by atoms with Crippen LogP contribution in [-0.2, 0) is 10.3 Å². The average Bonchev–Trinajstić information content (AvgIpc) is 3.01. The number of nitrogens with one attached hydrogen (secondary N) is 1. The van der Waals surface area contributed by atoms with Crippen molar-refractivity contribution in [2.75, 3.05) is 0 Å². The maximum Gasteiger partial charge on any atom is 0.328 e. The van der Waals surface area contributed by atoms with Crippen LogP contribution >= 0.6 is 15.9 Å². The highest BCUT2D eigenvalue weighted by Gasteiger charge is 2.40. The Morgan fingerprint density at radius 1 is 1.50 bits per heavy atom. The Bertz CT molecular complexity index is 417. The third-order valence-electron chi connectivity index (χ3n) is 2.91. The Kier molecular flexibility index (Phi) is 3.04. The summed E-state index contributed by atoms with van der Waals surface area (Å²) in [4.78, 5) is 11.5. The molecule has 86 valence electrons. The normalized spacial score (nSPS) is 19.1. The lowest BCUT2D eigenvalue weighted by Crippen LogP contribution is -2.48. The first-order chi connectivity index (χ1) is 7.54. The van der Waals surface area contributed by atoms with Crippen LogP contribution in [0, 0.1) is 0 Å². The molecule has 1 fully saturated rings. The van der Waals surface area contributed by atoms with Crippen LogP contribution in [0.15, 0.2) is 28.7 Å². The predicted molar refractivity (Wildman–Crippen MR) is 65.3 cm³/mol. The molecule has 0 bridgehead atoms. The maximum absolute atomic E-state index is 11.5. The lowest BCUT2D eigenvalue weighted by Gasteiger charge is -2.28. The van der Waals surface area contributed by atoms with Crippen molar-refractivity contribution < 1.29 is 9.90 Å². The molecule has 2 N–H and O–H groups in total. The summed E-state index contributed by atoms with van der Waals surface area (Å²) in [6.07, 6.45) is 2.13. The molecule has 0 spiro atoms. The van der Waals surface area contributed by atoms with E-state index >= 15 is 0 Å². The summed E-state index contributed by atoms with van der Waals surface area (Å²) in [6, 6.07) is 7.79. The Labute approximate surface area is 103 Å². The SMILES string of the molecule is CC(NC1CC1)(C(=O)O)c1ccccc1Br. The van der Waals surface area contributed by atoms with Gasteiger partial charge in [0.15, 0.2) is 0 Å². The number of aliphatic carboxylic acids is 1. The van der Waals surface area contributed by atoms with Gasteiger partial charge < -0.3 is 5.11 Å². The summed E-state index contributed by atoms with van der Waals surface area (Å²) >= 11 is 3.41. The fourth-order valence-corrected chi connectivity index (χ4v) is 2.44. The van der Waals surface area contributed by atoms with Crippen LogP contribution in [0.3, 0.4) is 0 Å². The molecule has 4 heteroatoms. The van der Waals surface area contributed by atoms with Gasteiger partial charge in [0.25, 0.3) is 0 Å². The third kappa shape index (κ3) is 2.13. The van der Waals surface area contributed by atoms with Gasteiger partial charge in [-0.1, -0.05) is 34.1 Å². The summed E-state index contributed by atoms with van der Waals surface area (Å²) in [5, 5.41) is 12.6. The molecule has 0 saturated heterocycles. The summed E-state index contributed by atoms with van der Waals surface area (Å²) < 4.78 is 0.827. The van der Waals surface area contributed by atoms with E-state index in [9.17, 15) is 9.90 Å². The molecule has 16 heavy (non-hydrogen) atoms. The molecule has 1 aromatic rings. The van der Waals surface area contributed by atoms with Gasteiger partial charge >= 0.3 is 5.97 Å². The number of rotatable bonds is 4. The number of benzene rings is 1. The van der Waals surface area contributed by atoms with E-state index in [4.69, 9.17) is 0 Å². The maximum atomic E-state index is 11.5. The first-order valence-corrected chi connectivity index (χ1v) is 6.09. The van der Waals surface area contributed by atoms with Gasteiger partial charge in [-0.25, -0.2) is 4.79 Å². The van der Waals surface area contributed by atoms with Crippen LogP contribution in [-0.4, -0.2) is 17.1 Å². The zero-order valence-electron chi connectivity index (χ0n) is 9.03. The second kappa shape index (κ2) is 4.18. The van der Waals surface area contributed by atoms with Gasteiger partial charge in [-0.2, -0.15) is 0 Å². The summed E-state index contributed by atoms with van der Waals surface area (Å²) in [5.74, 6) is -0.841. The molecule has 0 amide bonds. The van der Waals surface area contributed by atoms with E-state index in [1.807, 2.05) is 24.3 Å². The number of hydrogen-bond donors (Lipinski definition) is 2. The highest BCUT2D eigenvalue weighted by Crippen LogP contribution is 2.32. The second-order valence-electron chi connectivity index (χ2n) is 4.33. The van der Waals surface area contributed by atoms with E-state index in [-0.39, 0.29) is 0 Å². The lowest BCUT2D eigenvalue weighted by molar-refractivity contribution is -0.144. The minimum absolute atomic E-state index is 0.341. The first-order valence-electron chi connectivity index (χ1n) is 5.30. The number of hydrogen-bond acceptors (Lipinski definition) is 2. The van der Waals surface area contributed by atoms with Gasteiger partial charge in [-0.05, 0) is 31.4 Å². The Morgan fingerprint density at radius 3 is 2.62 bits per heavy atom. The van der Waals surface area contributed by atoms with Crippen molar-refractivity contribution in [1.82, 2.24) is 5.32 Å². The highest BCUT2D eigenvalue weighted by molar-refractivity contribution is 9.10. The number of carboxylic acids is 1. The highest BCUT2D eigenvalue weighted by atomic mass is 79.9. The smallest absolute Gasteiger partial charge is 0.328 e. The summed E-state index contributed by atoms with van der Waals surface area (Å²) in [5.41, 5.74) is -0.240. The van der Waals surface area contributed by atoms with E-state index in [0.29, 0.717) is 6.04 Å². The zero-order chi connectivity index (χ0) is 11.8. The van der Waals surface area contributed by atoms with Gasteiger partial charge in [0.2, 0.25) is 0 Å². The predicted octanol–water partition coefficient (Wildman–Crippen LogP) is 2.50. The molecule has 0 heterocycles. The fourth-order valence-electron chi connectivity index (χ4n) is 1.76. The number of halogens is 1. The summed E-state index contributed by atoms with van der Waals surface area (Å²) in [6.45, 7) is 1.72. The topological polar surface area (TPSA) is 49.3 Å². The van der Waals surface area contributed by atoms with Gasteiger partial charge in [0, 0.05) is 10.5 Å². The Balaban J connectivity index is 2.38. The van der Waals surface area contributed by atoms with Crippen LogP contribution in [0.5, 0.6) is 0 Å². The van der Waals surface area contributed by atoms with Crippen molar-refractivity contribution in [1.29, 1.82) is 0 Å². The summed E-state index contributed by atoms with van der Waals surface area (Å²) in [7, 11) is 0. The molecule has 1 aliphatic carbocycles. The second-order valence-corrected chi connectivity index (χ2v) is 5.18. The Morgan fingerprint density at radius 2 is 2.12 bits per heavy atom. The van der Waals surface area contributed by atoms with Crippen molar-refractivity contribution in [3.63, 3.8) is 0 Å². The molecule has 1 saturated carbocycles. The third-order valence-corrected chi connectivity index (χ3v) is 3.60. The zero-order valence-corrected chi connectivity index (χ0v) is 10.6. The minimum atomic E-state index is -1.01. The number of carboxylic acid groups (broad SMARTS) is 1. The molecular weight excluding hydrogens is 270 g/mol. The largest absolute Gasteiger partial charge is 0.480 e. The van der Waals surface area contributed by atoms with Crippen LogP contribution in [0.2, 0.25) is 0 Å². The van der Waals surface area contributed by atoms with E-state index < -0.39 is 11.5 Å². The molecular formula is C12H14BrNO2. The fraction of sp³-hybridized carbons (Fsp3) is 0.417.